The first-order valence-corrected chi connectivity index (χ1v) is 7.91. The molecule has 1 N–H and O–H groups in total. The Hall–Kier alpha value is -1.39. The van der Waals surface area contributed by atoms with E-state index in [0.29, 0.717) is 5.56 Å². The van der Waals surface area contributed by atoms with Gasteiger partial charge in [-0.25, -0.2) is 0 Å². The summed E-state index contributed by atoms with van der Waals surface area (Å²) in [5, 5.41) is 28.8. The van der Waals surface area contributed by atoms with Gasteiger partial charge in [-0.3, -0.25) is 5.21 Å². The minimum Gasteiger partial charge on any atom is -0.733 e. The van der Waals surface area contributed by atoms with E-state index in [2.05, 4.69) is 37.9 Å². The molecule has 0 aliphatic carbocycles. The van der Waals surface area contributed by atoms with Gasteiger partial charge in [0.25, 0.3) is 0 Å². The molecule has 2 aromatic rings. The maximum Gasteiger partial charge on any atom is 0.0995 e. The highest BCUT2D eigenvalue weighted by Gasteiger charge is 2.22. The number of hydrogen-bond acceptors (Lipinski definition) is 4. The summed E-state index contributed by atoms with van der Waals surface area (Å²) in [6.07, 6.45) is 0. The highest BCUT2D eigenvalue weighted by molar-refractivity contribution is 9.12. The first-order valence-electron chi connectivity index (χ1n) is 6.08. The van der Waals surface area contributed by atoms with Crippen molar-refractivity contribution < 1.29 is 5.21 Å². The quantitative estimate of drug-likeness (QED) is 0.579. The maximum atomic E-state index is 10.9. The van der Waals surface area contributed by atoms with Crippen LogP contribution < -0.4 is 5.23 Å². The van der Waals surface area contributed by atoms with Gasteiger partial charge >= 0.3 is 0 Å². The van der Waals surface area contributed by atoms with Gasteiger partial charge in [-0.1, -0.05) is 68.3 Å². The summed E-state index contributed by atoms with van der Waals surface area (Å²) in [7, 11) is 0. The van der Waals surface area contributed by atoms with Gasteiger partial charge in [-0.05, 0) is 23.3 Å². The minimum absolute atomic E-state index is 0.0285. The van der Waals surface area contributed by atoms with Crippen LogP contribution in [0.2, 0.25) is 0 Å². The molecule has 0 saturated heterocycles. The van der Waals surface area contributed by atoms with E-state index >= 15 is 0 Å². The number of benzene rings is 2. The fraction of sp³-hybridized carbons (Fsp3) is 0.133. The molecular formula is C15H11Br2N2O2-. The molecule has 4 nitrogen and oxygen atoms in total. The van der Waals surface area contributed by atoms with Crippen molar-refractivity contribution in [3.63, 3.8) is 0 Å². The summed E-state index contributed by atoms with van der Waals surface area (Å²) in [6.45, 7) is 0. The predicted molar refractivity (Wildman–Crippen MR) is 88.6 cm³/mol. The summed E-state index contributed by atoms with van der Waals surface area (Å²) in [6, 6.07) is 16.3. The van der Waals surface area contributed by atoms with Gasteiger partial charge in [0.05, 0.1) is 27.0 Å². The second-order valence-corrected chi connectivity index (χ2v) is 6.34. The zero-order valence-corrected chi connectivity index (χ0v) is 14.0. The fourth-order valence-corrected chi connectivity index (χ4v) is 3.26. The van der Waals surface area contributed by atoms with Crippen LogP contribution in [0.1, 0.15) is 26.3 Å². The first kappa shape index (κ1) is 16.0. The molecule has 0 heterocycles. The molecule has 0 aromatic heterocycles. The summed E-state index contributed by atoms with van der Waals surface area (Å²) in [5.41, 5.74) is 2.18. The molecule has 0 aliphatic rings. The zero-order valence-electron chi connectivity index (χ0n) is 10.8. The van der Waals surface area contributed by atoms with Crippen molar-refractivity contribution in [2.75, 3.05) is 5.23 Å². The second-order valence-electron chi connectivity index (χ2n) is 4.37. The number of hydrogen-bond donors (Lipinski definition) is 1. The average Bonchev–Trinajstić information content (AvgIpc) is 2.53. The monoisotopic (exact) mass is 409 g/mol. The van der Waals surface area contributed by atoms with Crippen LogP contribution in [0, 0.1) is 16.5 Å². The molecule has 0 aliphatic heterocycles. The summed E-state index contributed by atoms with van der Waals surface area (Å²) >= 11 is 7.21. The van der Waals surface area contributed by atoms with E-state index in [1.54, 1.807) is 6.07 Å². The van der Waals surface area contributed by atoms with E-state index in [4.69, 9.17) is 5.21 Å². The first-order chi connectivity index (χ1) is 10.0. The molecule has 0 saturated carbocycles. The lowest BCUT2D eigenvalue weighted by Crippen LogP contribution is -2.08. The van der Waals surface area contributed by atoms with E-state index in [0.717, 1.165) is 11.1 Å². The van der Waals surface area contributed by atoms with E-state index in [1.165, 1.54) is 12.1 Å². The lowest BCUT2D eigenvalue weighted by Gasteiger charge is -2.24. The van der Waals surface area contributed by atoms with Gasteiger partial charge in [-0.15, -0.1) is 0 Å². The lowest BCUT2D eigenvalue weighted by atomic mass is 9.99. The molecule has 0 amide bonds. The third kappa shape index (κ3) is 3.63. The van der Waals surface area contributed by atoms with E-state index in [9.17, 15) is 10.5 Å². The molecule has 108 valence electrons. The molecule has 2 atom stereocenters. The maximum absolute atomic E-state index is 10.9. The van der Waals surface area contributed by atoms with Gasteiger partial charge < -0.3 is 10.4 Å². The molecule has 0 spiro atoms. The van der Waals surface area contributed by atoms with Gasteiger partial charge in [0.2, 0.25) is 0 Å². The molecule has 6 heteroatoms. The SMILES string of the molecule is N#Cc1cc(N([O-])O)ccc1C(Br)C(Br)c1ccccc1. The standard InChI is InChI=1S/C15H11Br2N2O2/c16-14(10-4-2-1-3-5-10)15(17)13-7-6-12(19(20)21)8-11(13)9-18/h1-8,14-15,20H/q-1. The third-order valence-electron chi connectivity index (χ3n) is 3.05. The Morgan fingerprint density at radius 2 is 1.76 bits per heavy atom. The molecule has 2 aromatic carbocycles. The Labute approximate surface area is 139 Å². The highest BCUT2D eigenvalue weighted by Crippen LogP contribution is 2.43. The second kappa shape index (κ2) is 7.05. The van der Waals surface area contributed by atoms with Crippen LogP contribution in [0.25, 0.3) is 0 Å². The van der Waals surface area contributed by atoms with E-state index in [-0.39, 0.29) is 20.6 Å². The molecule has 2 unspecified atom stereocenters. The summed E-state index contributed by atoms with van der Waals surface area (Å²) in [5.74, 6) is 0. The van der Waals surface area contributed by atoms with Gasteiger partial charge in [0.1, 0.15) is 0 Å². The molecular weight excluding hydrogens is 400 g/mol. The fourth-order valence-electron chi connectivity index (χ4n) is 1.96. The number of alkyl halides is 2. The average molecular weight is 411 g/mol. The number of rotatable bonds is 4. The Kier molecular flexibility index (Phi) is 5.37. The van der Waals surface area contributed by atoms with Crippen LogP contribution in [0.15, 0.2) is 48.5 Å². The minimum atomic E-state index is -0.253. The number of halogens is 2. The molecule has 0 bridgehead atoms. The van der Waals surface area contributed by atoms with Crippen LogP contribution in [0.3, 0.4) is 0 Å². The molecule has 2 rings (SSSR count). The van der Waals surface area contributed by atoms with Gasteiger partial charge in [0, 0.05) is 0 Å². The zero-order chi connectivity index (χ0) is 15.4. The van der Waals surface area contributed by atoms with Crippen molar-refractivity contribution in [2.45, 2.75) is 9.65 Å². The van der Waals surface area contributed by atoms with Crippen LogP contribution >= 0.6 is 31.9 Å². The van der Waals surface area contributed by atoms with Crippen molar-refractivity contribution in [3.05, 3.63) is 70.4 Å². The third-order valence-corrected chi connectivity index (χ3v) is 5.84. The van der Waals surface area contributed by atoms with Crippen molar-refractivity contribution in [1.82, 2.24) is 0 Å². The van der Waals surface area contributed by atoms with E-state index in [1.807, 2.05) is 30.3 Å². The lowest BCUT2D eigenvalue weighted by molar-refractivity contribution is 0.296. The Morgan fingerprint density at radius 3 is 2.33 bits per heavy atom. The number of anilines is 1. The van der Waals surface area contributed by atoms with Crippen LogP contribution in [0.5, 0.6) is 0 Å². The Balaban J connectivity index is 2.35. The molecule has 21 heavy (non-hydrogen) atoms. The molecule has 0 fully saturated rings. The number of nitriles is 1. The van der Waals surface area contributed by atoms with Crippen LogP contribution in [0.4, 0.5) is 5.69 Å². The molecule has 0 radical (unpaired) electrons. The largest absolute Gasteiger partial charge is 0.733 e. The van der Waals surface area contributed by atoms with Crippen molar-refractivity contribution >= 4 is 37.5 Å². The van der Waals surface area contributed by atoms with E-state index < -0.39 is 0 Å². The van der Waals surface area contributed by atoms with Gasteiger partial charge in [-0.2, -0.15) is 5.26 Å². The smallest absolute Gasteiger partial charge is 0.0995 e. The van der Waals surface area contributed by atoms with Crippen LogP contribution in [-0.4, -0.2) is 5.21 Å². The number of nitrogens with zero attached hydrogens (tertiary/aromatic N) is 2. The topological polar surface area (TPSA) is 70.3 Å². The Morgan fingerprint density at radius 1 is 1.10 bits per heavy atom. The summed E-state index contributed by atoms with van der Waals surface area (Å²) < 4.78 is 0. The normalized spacial score (nSPS) is 13.3. The Bertz CT molecular complexity index is 656. The van der Waals surface area contributed by atoms with Crippen molar-refractivity contribution in [3.8, 4) is 6.07 Å². The summed E-state index contributed by atoms with van der Waals surface area (Å²) in [4.78, 5) is -0.184. The van der Waals surface area contributed by atoms with Gasteiger partial charge in [0.15, 0.2) is 0 Å². The predicted octanol–water partition coefficient (Wildman–Crippen LogP) is 4.82. The highest BCUT2D eigenvalue weighted by atomic mass is 79.9. The van der Waals surface area contributed by atoms with Crippen LogP contribution in [-0.2, 0) is 0 Å². The van der Waals surface area contributed by atoms with Crippen molar-refractivity contribution in [1.29, 1.82) is 5.26 Å². The van der Waals surface area contributed by atoms with Crippen molar-refractivity contribution in [2.24, 2.45) is 0 Å².